The monoisotopic (exact) mass is 407 g/mol. The number of carbonyl (C=O) groups excluding carboxylic acids is 1. The Hall–Kier alpha value is -2.26. The molecule has 6 nitrogen and oxygen atoms in total. The lowest BCUT2D eigenvalue weighted by atomic mass is 10.1. The predicted molar refractivity (Wildman–Crippen MR) is 102 cm³/mol. The molecule has 0 fully saturated rings. The smallest absolute Gasteiger partial charge is 0.253 e. The molecule has 0 aliphatic carbocycles. The van der Waals surface area contributed by atoms with E-state index >= 15 is 0 Å². The van der Waals surface area contributed by atoms with Gasteiger partial charge in [-0.25, -0.2) is 13.6 Å². The van der Waals surface area contributed by atoms with Gasteiger partial charge < -0.3 is 5.32 Å². The third-order valence-corrected chi connectivity index (χ3v) is 5.78. The van der Waals surface area contributed by atoms with E-state index < -0.39 is 10.0 Å². The molecule has 3 rings (SSSR count). The molecule has 3 aromatic rings. The first kappa shape index (κ1) is 18.5. The van der Waals surface area contributed by atoms with E-state index in [-0.39, 0.29) is 22.4 Å². The van der Waals surface area contributed by atoms with Crippen LogP contribution in [0.3, 0.4) is 0 Å². The molecular formula is C17H14ClN3O3S2. The van der Waals surface area contributed by atoms with Crippen LogP contribution in [0.15, 0.2) is 59.1 Å². The van der Waals surface area contributed by atoms with Crippen molar-refractivity contribution in [1.29, 1.82) is 0 Å². The quantitative estimate of drug-likeness (QED) is 0.678. The maximum absolute atomic E-state index is 12.4. The maximum atomic E-state index is 12.4. The number of nitrogens with zero attached hydrogens (tertiary/aromatic N) is 1. The number of hydrogen-bond donors (Lipinski definition) is 2. The molecule has 0 radical (unpaired) electrons. The molecule has 1 aromatic carbocycles. The second-order valence-electron chi connectivity index (χ2n) is 5.42. The predicted octanol–water partition coefficient (Wildman–Crippen LogP) is 3.04. The fraction of sp³-hybridized carbons (Fsp3) is 0.0588. The van der Waals surface area contributed by atoms with Gasteiger partial charge in [-0.3, -0.25) is 9.78 Å². The number of thiophene rings is 1. The normalized spacial score (nSPS) is 11.3. The summed E-state index contributed by atoms with van der Waals surface area (Å²) in [5, 5.41) is 9.98. The summed E-state index contributed by atoms with van der Waals surface area (Å²) in [7, 11) is -3.82. The summed E-state index contributed by atoms with van der Waals surface area (Å²) in [5.41, 5.74) is 1.87. The molecule has 26 heavy (non-hydrogen) atoms. The summed E-state index contributed by atoms with van der Waals surface area (Å²) >= 11 is 7.64. The molecule has 0 bridgehead atoms. The van der Waals surface area contributed by atoms with Crippen molar-refractivity contribution in [2.24, 2.45) is 5.14 Å². The van der Waals surface area contributed by atoms with E-state index in [0.717, 1.165) is 10.4 Å². The van der Waals surface area contributed by atoms with Gasteiger partial charge in [0.2, 0.25) is 10.0 Å². The first-order chi connectivity index (χ1) is 12.3. The van der Waals surface area contributed by atoms with Crippen LogP contribution in [0, 0.1) is 0 Å². The van der Waals surface area contributed by atoms with E-state index in [1.54, 1.807) is 23.6 Å². The second-order valence-corrected chi connectivity index (χ2v) is 8.34. The fourth-order valence-corrected chi connectivity index (χ4v) is 3.83. The molecule has 0 saturated heterocycles. The molecule has 9 heteroatoms. The van der Waals surface area contributed by atoms with Crippen LogP contribution in [0.5, 0.6) is 0 Å². The molecule has 2 aromatic heterocycles. The lowest BCUT2D eigenvalue weighted by Gasteiger charge is -2.09. The Morgan fingerprint density at radius 2 is 2.04 bits per heavy atom. The van der Waals surface area contributed by atoms with Crippen LogP contribution in [-0.2, 0) is 16.6 Å². The van der Waals surface area contributed by atoms with Gasteiger partial charge in [0.15, 0.2) is 0 Å². The molecule has 3 N–H and O–H groups in total. The van der Waals surface area contributed by atoms with Gasteiger partial charge in [0.1, 0.15) is 0 Å². The Morgan fingerprint density at radius 3 is 2.69 bits per heavy atom. The SMILES string of the molecule is NS(=O)(=O)c1ccc(CNC(=O)c2cncc(-c3cccs3)c2)c(Cl)c1. The summed E-state index contributed by atoms with van der Waals surface area (Å²) in [6, 6.07) is 9.78. The van der Waals surface area contributed by atoms with Gasteiger partial charge in [-0.1, -0.05) is 23.7 Å². The van der Waals surface area contributed by atoms with Crippen molar-refractivity contribution in [1.82, 2.24) is 10.3 Å². The van der Waals surface area contributed by atoms with Gasteiger partial charge in [0.05, 0.1) is 10.5 Å². The maximum Gasteiger partial charge on any atom is 0.253 e. The van der Waals surface area contributed by atoms with Crippen molar-refractivity contribution >= 4 is 38.9 Å². The van der Waals surface area contributed by atoms with E-state index in [9.17, 15) is 13.2 Å². The van der Waals surface area contributed by atoms with Crippen LogP contribution in [0.2, 0.25) is 5.02 Å². The zero-order chi connectivity index (χ0) is 18.7. The van der Waals surface area contributed by atoms with Crippen molar-refractivity contribution in [3.63, 3.8) is 0 Å². The molecule has 0 aliphatic rings. The number of pyridine rings is 1. The van der Waals surface area contributed by atoms with Crippen molar-refractivity contribution in [3.8, 4) is 10.4 Å². The van der Waals surface area contributed by atoms with Gasteiger partial charge in [-0.2, -0.15) is 0 Å². The Kier molecular flexibility index (Phi) is 5.38. The fourth-order valence-electron chi connectivity index (χ4n) is 2.27. The summed E-state index contributed by atoms with van der Waals surface area (Å²) in [6.45, 7) is 0.145. The third kappa shape index (κ3) is 4.28. The highest BCUT2D eigenvalue weighted by Crippen LogP contribution is 2.24. The number of hydrogen-bond acceptors (Lipinski definition) is 5. The minimum atomic E-state index is -3.82. The first-order valence-electron chi connectivity index (χ1n) is 7.43. The second kappa shape index (κ2) is 7.55. The molecule has 0 unspecified atom stereocenters. The topological polar surface area (TPSA) is 102 Å². The number of amides is 1. The number of halogens is 1. The number of nitrogens with one attached hydrogen (secondary N) is 1. The average Bonchev–Trinajstić information content (AvgIpc) is 3.14. The molecule has 0 atom stereocenters. The van der Waals surface area contributed by atoms with Crippen molar-refractivity contribution in [2.45, 2.75) is 11.4 Å². The van der Waals surface area contributed by atoms with Crippen molar-refractivity contribution in [2.75, 3.05) is 0 Å². The number of primary sulfonamides is 1. The van der Waals surface area contributed by atoms with Gasteiger partial charge in [-0.05, 0) is 35.2 Å². The Bertz CT molecular complexity index is 1050. The molecule has 1 amide bonds. The Labute approximate surface area is 159 Å². The first-order valence-corrected chi connectivity index (χ1v) is 10.2. The van der Waals surface area contributed by atoms with Gasteiger partial charge >= 0.3 is 0 Å². The molecule has 134 valence electrons. The number of nitrogens with two attached hydrogens (primary N) is 1. The van der Waals surface area contributed by atoms with Crippen LogP contribution in [-0.4, -0.2) is 19.3 Å². The number of sulfonamides is 1. The van der Waals surface area contributed by atoms with Gasteiger partial charge in [0, 0.05) is 34.4 Å². The van der Waals surface area contributed by atoms with Gasteiger partial charge in [0.25, 0.3) is 5.91 Å². The highest BCUT2D eigenvalue weighted by atomic mass is 35.5. The number of aromatic nitrogens is 1. The minimum absolute atomic E-state index is 0.0783. The van der Waals surface area contributed by atoms with E-state index in [2.05, 4.69) is 10.3 Å². The van der Waals surface area contributed by atoms with Crippen LogP contribution in [0.1, 0.15) is 15.9 Å². The van der Waals surface area contributed by atoms with E-state index in [0.29, 0.717) is 11.1 Å². The number of carbonyl (C=O) groups is 1. The molecular weight excluding hydrogens is 394 g/mol. The summed E-state index contributed by atoms with van der Waals surface area (Å²) in [6.07, 6.45) is 3.18. The van der Waals surface area contributed by atoms with E-state index in [1.165, 1.54) is 24.4 Å². The zero-order valence-corrected chi connectivity index (χ0v) is 15.7. The zero-order valence-electron chi connectivity index (χ0n) is 13.3. The van der Waals surface area contributed by atoms with Crippen LogP contribution >= 0.6 is 22.9 Å². The molecule has 0 saturated carbocycles. The van der Waals surface area contributed by atoms with Crippen LogP contribution < -0.4 is 10.5 Å². The lowest BCUT2D eigenvalue weighted by Crippen LogP contribution is -2.23. The molecule has 0 aliphatic heterocycles. The highest BCUT2D eigenvalue weighted by Gasteiger charge is 2.12. The van der Waals surface area contributed by atoms with E-state index in [1.807, 2.05) is 17.5 Å². The third-order valence-electron chi connectivity index (χ3n) is 3.60. The standard InChI is InChI=1S/C17H14ClN3O3S2/c18-15-7-14(26(19,23)24)4-3-11(15)10-21-17(22)13-6-12(8-20-9-13)16-2-1-5-25-16/h1-9H,10H2,(H,21,22)(H2,19,23,24). The van der Waals surface area contributed by atoms with Crippen LogP contribution in [0.25, 0.3) is 10.4 Å². The highest BCUT2D eigenvalue weighted by molar-refractivity contribution is 7.89. The largest absolute Gasteiger partial charge is 0.348 e. The van der Waals surface area contributed by atoms with Crippen molar-refractivity contribution < 1.29 is 13.2 Å². The minimum Gasteiger partial charge on any atom is -0.348 e. The van der Waals surface area contributed by atoms with Gasteiger partial charge in [-0.15, -0.1) is 11.3 Å². The van der Waals surface area contributed by atoms with E-state index in [4.69, 9.17) is 16.7 Å². The number of rotatable bonds is 5. The average molecular weight is 408 g/mol. The Morgan fingerprint density at radius 1 is 1.23 bits per heavy atom. The van der Waals surface area contributed by atoms with Crippen LogP contribution in [0.4, 0.5) is 0 Å². The summed E-state index contributed by atoms with van der Waals surface area (Å²) in [5.74, 6) is -0.303. The summed E-state index contributed by atoms with van der Waals surface area (Å²) in [4.78, 5) is 17.4. The van der Waals surface area contributed by atoms with Crippen molar-refractivity contribution in [3.05, 3.63) is 70.3 Å². The lowest BCUT2D eigenvalue weighted by molar-refractivity contribution is 0.0950. The molecule has 0 spiro atoms. The molecule has 2 heterocycles. The summed E-state index contributed by atoms with van der Waals surface area (Å²) < 4.78 is 22.6. The number of benzene rings is 1. The Balaban J connectivity index is 1.73.